The largest absolute Gasteiger partial charge is 0.466 e. The van der Waals surface area contributed by atoms with Crippen molar-refractivity contribution in [3.63, 3.8) is 0 Å². The third-order valence-corrected chi connectivity index (χ3v) is 3.98. The van der Waals surface area contributed by atoms with Crippen molar-refractivity contribution >= 4 is 34.2 Å². The van der Waals surface area contributed by atoms with Crippen molar-refractivity contribution in [2.75, 3.05) is 6.61 Å². The number of Topliss-reactive ketones (excluding diaryl/α,β-unsaturated/α-hetero) is 1. The summed E-state index contributed by atoms with van der Waals surface area (Å²) in [6.45, 7) is 14.4. The quantitative estimate of drug-likeness (QED) is 0.259. The molecule has 5 nitrogen and oxygen atoms in total. The van der Waals surface area contributed by atoms with Gasteiger partial charge in [0, 0.05) is 6.42 Å². The van der Waals surface area contributed by atoms with Crippen LogP contribution in [-0.2, 0) is 19.1 Å². The van der Waals surface area contributed by atoms with Crippen molar-refractivity contribution in [3.8, 4) is 22.9 Å². The number of aliphatic hydroxyl groups is 1. The van der Waals surface area contributed by atoms with Gasteiger partial charge in [0.05, 0.1) is 6.61 Å². The Morgan fingerprint density at radius 2 is 1.60 bits per heavy atom. The summed E-state index contributed by atoms with van der Waals surface area (Å²) in [4.78, 5) is 32.0. The number of esters is 1. The van der Waals surface area contributed by atoms with Gasteiger partial charge in [0.2, 0.25) is 0 Å². The van der Waals surface area contributed by atoms with Gasteiger partial charge >= 0.3 is 5.97 Å². The average molecular weight is 383 g/mol. The molecule has 0 saturated heterocycles. The van der Waals surface area contributed by atoms with E-state index in [0.29, 0.717) is 6.29 Å². The first kappa shape index (κ1) is 25.6. The fourth-order valence-corrected chi connectivity index (χ4v) is 2.35. The minimum Gasteiger partial charge on any atom is -0.466 e. The highest BCUT2D eigenvalue weighted by molar-refractivity contribution is 6.84. The lowest BCUT2D eigenvalue weighted by molar-refractivity contribution is -0.145. The summed E-state index contributed by atoms with van der Waals surface area (Å²) in [7, 11) is -2.81. The van der Waals surface area contributed by atoms with Gasteiger partial charge in [-0.25, -0.2) is 0 Å². The zero-order valence-electron chi connectivity index (χ0n) is 16.4. The van der Waals surface area contributed by atoms with Gasteiger partial charge in [0.25, 0.3) is 0 Å². The molecular formula is C18H30O5Si2. The second-order valence-electron chi connectivity index (χ2n) is 7.40. The van der Waals surface area contributed by atoms with Crippen molar-refractivity contribution in [1.82, 2.24) is 0 Å². The van der Waals surface area contributed by atoms with Crippen LogP contribution in [-0.4, -0.2) is 52.0 Å². The zero-order chi connectivity index (χ0) is 20.1. The summed E-state index contributed by atoms with van der Waals surface area (Å²) in [6.07, 6.45) is -0.739. The monoisotopic (exact) mass is 382 g/mol. The maximum atomic E-state index is 11.3. The molecule has 0 aromatic rings. The van der Waals surface area contributed by atoms with E-state index in [-0.39, 0.29) is 25.2 Å². The molecule has 0 heterocycles. The Hall–Kier alpha value is -1.68. The number of carbonyl (C=O) groups excluding carboxylic acids is 3. The maximum absolute atomic E-state index is 11.3. The Kier molecular flexibility index (Phi) is 12.9. The molecule has 0 saturated carbocycles. The van der Waals surface area contributed by atoms with Gasteiger partial charge in [-0.15, -0.1) is 11.1 Å². The number of hydrogen-bond acceptors (Lipinski definition) is 5. The van der Waals surface area contributed by atoms with Crippen molar-refractivity contribution < 1.29 is 24.2 Å². The molecule has 0 aliphatic heterocycles. The molecule has 0 aromatic heterocycles. The lowest BCUT2D eigenvalue weighted by Crippen LogP contribution is -2.20. The Morgan fingerprint density at radius 1 is 1.08 bits per heavy atom. The van der Waals surface area contributed by atoms with E-state index in [1.165, 1.54) is 0 Å². The number of ketones is 1. The van der Waals surface area contributed by atoms with Gasteiger partial charge in [-0.1, -0.05) is 45.2 Å². The average Bonchev–Trinajstić information content (AvgIpc) is 2.42. The van der Waals surface area contributed by atoms with Crippen LogP contribution in [0.4, 0.5) is 0 Å². The van der Waals surface area contributed by atoms with E-state index < -0.39 is 28.2 Å². The van der Waals surface area contributed by atoms with E-state index in [1.807, 2.05) is 19.6 Å². The molecule has 25 heavy (non-hydrogen) atoms. The predicted octanol–water partition coefficient (Wildman–Crippen LogP) is 2.21. The molecule has 1 atom stereocenters. The van der Waals surface area contributed by atoms with Crippen LogP contribution in [0.2, 0.25) is 39.3 Å². The SMILES string of the molecule is CCOC(=O)CC(=O)CC(O)C#C[Si](C)(C)C.C[Si](C)(C)C#CC=O. The van der Waals surface area contributed by atoms with Crippen LogP contribution in [0.1, 0.15) is 19.8 Å². The van der Waals surface area contributed by atoms with Gasteiger partial charge in [0.1, 0.15) is 34.5 Å². The lowest BCUT2D eigenvalue weighted by Gasteiger charge is -2.06. The van der Waals surface area contributed by atoms with Crippen LogP contribution in [0.3, 0.4) is 0 Å². The Balaban J connectivity index is 0. The number of ether oxygens (including phenoxy) is 1. The minimum absolute atomic E-state index is 0.115. The summed E-state index contributed by atoms with van der Waals surface area (Å²) in [5, 5.41) is 9.50. The summed E-state index contributed by atoms with van der Waals surface area (Å²) in [6, 6.07) is 0. The van der Waals surface area contributed by atoms with Crippen LogP contribution in [0.15, 0.2) is 0 Å². The molecule has 0 rings (SSSR count). The van der Waals surface area contributed by atoms with Gasteiger partial charge in [0.15, 0.2) is 6.29 Å². The second kappa shape index (κ2) is 12.7. The van der Waals surface area contributed by atoms with E-state index in [1.54, 1.807) is 6.92 Å². The molecule has 0 aromatic carbocycles. The van der Waals surface area contributed by atoms with E-state index >= 15 is 0 Å². The summed E-state index contributed by atoms with van der Waals surface area (Å²) < 4.78 is 4.64. The number of hydrogen-bond donors (Lipinski definition) is 1. The zero-order valence-corrected chi connectivity index (χ0v) is 18.4. The van der Waals surface area contributed by atoms with Crippen LogP contribution in [0.5, 0.6) is 0 Å². The van der Waals surface area contributed by atoms with Crippen molar-refractivity contribution in [2.24, 2.45) is 0 Å². The molecule has 0 bridgehead atoms. The van der Waals surface area contributed by atoms with E-state index in [9.17, 15) is 19.5 Å². The number of carbonyl (C=O) groups is 3. The molecule has 0 spiro atoms. The van der Waals surface area contributed by atoms with E-state index in [4.69, 9.17) is 0 Å². The minimum atomic E-state index is -1.54. The highest BCUT2D eigenvalue weighted by atomic mass is 28.3. The standard InChI is InChI=1S/C12H20O4Si.C6H10OSi/c1-5-16-12(15)9-11(14)8-10(13)6-7-17(2,3)4;1-8(2,3)6-4-5-7/h10,13H,5,8-9H2,1-4H3;5H,1-3H3. The number of rotatable bonds is 5. The fourth-order valence-electron chi connectivity index (χ4n) is 1.26. The van der Waals surface area contributed by atoms with Gasteiger partial charge in [-0.2, -0.15) is 0 Å². The molecule has 0 aliphatic rings. The molecule has 1 unspecified atom stereocenters. The van der Waals surface area contributed by atoms with Crippen LogP contribution in [0, 0.1) is 22.9 Å². The molecule has 0 amide bonds. The molecular weight excluding hydrogens is 352 g/mol. The molecule has 0 aliphatic carbocycles. The summed E-state index contributed by atoms with van der Waals surface area (Å²) in [5.74, 6) is 4.17. The van der Waals surface area contributed by atoms with Crippen molar-refractivity contribution in [3.05, 3.63) is 0 Å². The smallest absolute Gasteiger partial charge is 0.313 e. The molecule has 0 radical (unpaired) electrons. The number of aldehydes is 1. The van der Waals surface area contributed by atoms with Crippen LogP contribution < -0.4 is 0 Å². The molecule has 0 fully saturated rings. The highest BCUT2D eigenvalue weighted by Gasteiger charge is 2.14. The van der Waals surface area contributed by atoms with Gasteiger partial charge in [-0.05, 0) is 12.8 Å². The third kappa shape index (κ3) is 22.3. The van der Waals surface area contributed by atoms with Gasteiger partial charge < -0.3 is 9.84 Å². The molecule has 140 valence electrons. The maximum Gasteiger partial charge on any atom is 0.313 e. The van der Waals surface area contributed by atoms with E-state index in [2.05, 4.69) is 47.3 Å². The Labute approximate surface area is 153 Å². The first-order valence-electron chi connectivity index (χ1n) is 8.15. The fraction of sp³-hybridized carbons (Fsp3) is 0.611. The molecule has 1 N–H and O–H groups in total. The summed E-state index contributed by atoms with van der Waals surface area (Å²) in [5.41, 5.74) is 5.87. The van der Waals surface area contributed by atoms with Crippen molar-refractivity contribution in [2.45, 2.75) is 65.2 Å². The predicted molar refractivity (Wildman–Crippen MR) is 105 cm³/mol. The first-order chi connectivity index (χ1) is 11.3. The number of aliphatic hydroxyl groups excluding tert-OH is 1. The topological polar surface area (TPSA) is 80.7 Å². The second-order valence-corrected chi connectivity index (χ2v) is 16.9. The van der Waals surface area contributed by atoms with Crippen LogP contribution in [0.25, 0.3) is 0 Å². The Morgan fingerprint density at radius 3 is 1.96 bits per heavy atom. The highest BCUT2D eigenvalue weighted by Crippen LogP contribution is 2.01. The van der Waals surface area contributed by atoms with Crippen LogP contribution >= 0.6 is 0 Å². The summed E-state index contributed by atoms with van der Waals surface area (Å²) >= 11 is 0. The lowest BCUT2D eigenvalue weighted by atomic mass is 10.1. The third-order valence-electron chi connectivity index (χ3n) is 2.19. The van der Waals surface area contributed by atoms with E-state index in [0.717, 1.165) is 0 Å². The van der Waals surface area contributed by atoms with Gasteiger partial charge in [-0.3, -0.25) is 14.4 Å². The van der Waals surface area contributed by atoms with Crippen molar-refractivity contribution in [1.29, 1.82) is 0 Å². The normalized spacial score (nSPS) is 11.4. The molecule has 7 heteroatoms. The first-order valence-corrected chi connectivity index (χ1v) is 15.1. The Bertz CT molecular complexity index is 563.